The molecule has 0 saturated heterocycles. The molecule has 0 heterocycles. The highest BCUT2D eigenvalue weighted by Crippen LogP contribution is 2.16. The summed E-state index contributed by atoms with van der Waals surface area (Å²) in [6.45, 7) is 6.67. The summed E-state index contributed by atoms with van der Waals surface area (Å²) in [5.74, 6) is -0.866. The van der Waals surface area contributed by atoms with Crippen LogP contribution in [-0.2, 0) is 28.6 Å². The number of carbonyl (C=O) groups is 3. The molecule has 0 saturated carbocycles. The van der Waals surface area contributed by atoms with Crippen molar-refractivity contribution in [3.05, 3.63) is 36.5 Å². The highest BCUT2D eigenvalue weighted by atomic mass is 16.6. The molecule has 0 N–H and O–H groups in total. The molecule has 0 aliphatic rings. The van der Waals surface area contributed by atoms with Crippen LogP contribution < -0.4 is 0 Å². The second-order valence-electron chi connectivity index (χ2n) is 21.3. The van der Waals surface area contributed by atoms with Gasteiger partial charge in [0.25, 0.3) is 0 Å². The van der Waals surface area contributed by atoms with Crippen LogP contribution in [0, 0.1) is 0 Å². The van der Waals surface area contributed by atoms with E-state index in [-0.39, 0.29) is 31.1 Å². The predicted molar refractivity (Wildman–Crippen MR) is 307 cm³/mol. The Morgan fingerprint density at radius 1 is 0.268 bits per heavy atom. The molecule has 0 rings (SSSR count). The molecule has 6 heteroatoms. The highest BCUT2D eigenvalue weighted by molar-refractivity contribution is 5.71. The second-order valence-corrected chi connectivity index (χ2v) is 21.3. The molecule has 0 spiro atoms. The third-order valence-corrected chi connectivity index (χ3v) is 14.1. The molecule has 1 unspecified atom stereocenters. The monoisotopic (exact) mass is 997 g/mol. The minimum absolute atomic E-state index is 0.0738. The van der Waals surface area contributed by atoms with Gasteiger partial charge in [-0.1, -0.05) is 263 Å². The molecule has 0 aromatic carbocycles. The Labute approximate surface area is 442 Å². The average molecular weight is 998 g/mol. The molecule has 0 bridgehead atoms. The Morgan fingerprint density at radius 2 is 0.465 bits per heavy atom. The van der Waals surface area contributed by atoms with Gasteiger partial charge in [-0.05, 0) is 96.3 Å². The predicted octanol–water partition coefficient (Wildman–Crippen LogP) is 21.2. The average Bonchev–Trinajstić information content (AvgIpc) is 3.37. The highest BCUT2D eigenvalue weighted by Gasteiger charge is 2.19. The molecular formula is C65H120O6. The van der Waals surface area contributed by atoms with E-state index in [1.165, 1.54) is 238 Å². The van der Waals surface area contributed by atoms with Gasteiger partial charge < -0.3 is 14.2 Å². The third-order valence-electron chi connectivity index (χ3n) is 14.1. The van der Waals surface area contributed by atoms with E-state index in [9.17, 15) is 14.4 Å². The van der Waals surface area contributed by atoms with Crippen molar-refractivity contribution in [1.29, 1.82) is 0 Å². The van der Waals surface area contributed by atoms with Gasteiger partial charge in [0.05, 0.1) is 0 Å². The summed E-state index contributed by atoms with van der Waals surface area (Å²) in [4.78, 5) is 38.3. The summed E-state index contributed by atoms with van der Waals surface area (Å²) >= 11 is 0. The van der Waals surface area contributed by atoms with Gasteiger partial charge >= 0.3 is 17.9 Å². The fourth-order valence-electron chi connectivity index (χ4n) is 9.31. The summed E-state index contributed by atoms with van der Waals surface area (Å²) in [6, 6.07) is 0. The van der Waals surface area contributed by atoms with Gasteiger partial charge in [0.15, 0.2) is 6.10 Å². The zero-order valence-corrected chi connectivity index (χ0v) is 47.8. The summed E-state index contributed by atoms with van der Waals surface area (Å²) in [5.41, 5.74) is 0. The molecular weight excluding hydrogens is 877 g/mol. The molecule has 0 amide bonds. The number of hydrogen-bond acceptors (Lipinski definition) is 6. The van der Waals surface area contributed by atoms with E-state index in [0.717, 1.165) is 64.2 Å². The lowest BCUT2D eigenvalue weighted by molar-refractivity contribution is -0.167. The van der Waals surface area contributed by atoms with E-state index >= 15 is 0 Å². The first-order valence-corrected chi connectivity index (χ1v) is 31.5. The summed E-state index contributed by atoms with van der Waals surface area (Å²) in [7, 11) is 0. The zero-order chi connectivity index (χ0) is 51.4. The van der Waals surface area contributed by atoms with Gasteiger partial charge in [-0.15, -0.1) is 0 Å². The first-order valence-electron chi connectivity index (χ1n) is 31.5. The van der Waals surface area contributed by atoms with Crippen LogP contribution in [0.3, 0.4) is 0 Å². The van der Waals surface area contributed by atoms with Crippen LogP contribution in [-0.4, -0.2) is 37.2 Å². The lowest BCUT2D eigenvalue weighted by Crippen LogP contribution is -2.30. The molecule has 71 heavy (non-hydrogen) atoms. The molecule has 0 radical (unpaired) electrons. The molecule has 0 aliphatic carbocycles. The summed E-state index contributed by atoms with van der Waals surface area (Å²) in [6.07, 6.45) is 72.8. The fraction of sp³-hybridized carbons (Fsp3) is 0.862. The van der Waals surface area contributed by atoms with Crippen molar-refractivity contribution in [2.45, 2.75) is 348 Å². The number of ether oxygens (including phenoxy) is 3. The van der Waals surface area contributed by atoms with Gasteiger partial charge in [-0.25, -0.2) is 0 Å². The number of allylic oxidation sites excluding steroid dienone is 6. The van der Waals surface area contributed by atoms with E-state index in [2.05, 4.69) is 57.2 Å². The van der Waals surface area contributed by atoms with Crippen molar-refractivity contribution >= 4 is 17.9 Å². The molecule has 0 aromatic heterocycles. The molecule has 1 atom stereocenters. The third kappa shape index (κ3) is 58.4. The van der Waals surface area contributed by atoms with Gasteiger partial charge in [0.1, 0.15) is 13.2 Å². The van der Waals surface area contributed by atoms with Crippen LogP contribution in [0.1, 0.15) is 342 Å². The lowest BCUT2D eigenvalue weighted by Gasteiger charge is -2.18. The number of carbonyl (C=O) groups excluding carboxylic acids is 3. The van der Waals surface area contributed by atoms with Gasteiger partial charge in [0, 0.05) is 19.3 Å². The van der Waals surface area contributed by atoms with Crippen LogP contribution in [0.4, 0.5) is 0 Å². The maximum Gasteiger partial charge on any atom is 0.306 e. The van der Waals surface area contributed by atoms with Crippen LogP contribution in [0.5, 0.6) is 0 Å². The van der Waals surface area contributed by atoms with Crippen molar-refractivity contribution in [2.24, 2.45) is 0 Å². The van der Waals surface area contributed by atoms with E-state index in [1.54, 1.807) is 0 Å². The largest absolute Gasteiger partial charge is 0.462 e. The Kier molecular flexibility index (Phi) is 58.2. The van der Waals surface area contributed by atoms with E-state index in [0.29, 0.717) is 19.3 Å². The lowest BCUT2D eigenvalue weighted by atomic mass is 10.1. The van der Waals surface area contributed by atoms with Crippen molar-refractivity contribution in [1.82, 2.24) is 0 Å². The standard InChI is InChI=1S/C65H120O6/c1-4-7-10-13-16-19-22-25-28-30-32-34-37-40-43-46-49-52-55-58-64(67)70-61-62(60-69-63(66)57-54-51-48-45-42-39-36-27-24-21-18-15-12-9-6-3)71-65(68)59-56-53-50-47-44-41-38-35-33-31-29-26-23-20-17-14-11-8-5-2/h25-29,36,62H,4-24,30-35,37-61H2,1-3H3/b28-25+,29-26-,36-27-. The van der Waals surface area contributed by atoms with Crippen molar-refractivity contribution in [2.75, 3.05) is 13.2 Å². The van der Waals surface area contributed by atoms with E-state index in [1.807, 2.05) is 0 Å². The van der Waals surface area contributed by atoms with Crippen LogP contribution >= 0.6 is 0 Å². The zero-order valence-electron chi connectivity index (χ0n) is 47.8. The smallest absolute Gasteiger partial charge is 0.306 e. The molecule has 0 aliphatic heterocycles. The first-order chi connectivity index (χ1) is 35.0. The van der Waals surface area contributed by atoms with Crippen LogP contribution in [0.2, 0.25) is 0 Å². The Hall–Kier alpha value is -2.37. The second kappa shape index (κ2) is 60.2. The quantitative estimate of drug-likeness (QED) is 0.0261. The SMILES string of the molecule is CCCCCCCC/C=C\CCCCCCCCCCCC(=O)OC(COC(=O)CCCCCCC/C=C\CCCCCCCC)COC(=O)CCCCCCCCCCC/C=C/CCCCCCCC. The molecule has 6 nitrogen and oxygen atoms in total. The van der Waals surface area contributed by atoms with Crippen LogP contribution in [0.15, 0.2) is 36.5 Å². The number of unbranched alkanes of at least 4 members (excludes halogenated alkanes) is 41. The Bertz CT molecular complexity index is 1190. The first kappa shape index (κ1) is 68.6. The molecule has 416 valence electrons. The number of esters is 3. The molecule has 0 aromatic rings. The van der Waals surface area contributed by atoms with Crippen molar-refractivity contribution < 1.29 is 28.6 Å². The number of hydrogen-bond donors (Lipinski definition) is 0. The van der Waals surface area contributed by atoms with Crippen molar-refractivity contribution in [3.63, 3.8) is 0 Å². The maximum atomic E-state index is 12.9. The topological polar surface area (TPSA) is 78.9 Å². The minimum atomic E-state index is -0.776. The van der Waals surface area contributed by atoms with Crippen molar-refractivity contribution in [3.8, 4) is 0 Å². The Balaban J connectivity index is 4.34. The normalized spacial score (nSPS) is 12.2. The number of rotatable bonds is 58. The summed E-state index contributed by atoms with van der Waals surface area (Å²) < 4.78 is 16.9. The van der Waals surface area contributed by atoms with Crippen LogP contribution in [0.25, 0.3) is 0 Å². The van der Waals surface area contributed by atoms with E-state index in [4.69, 9.17) is 14.2 Å². The fourth-order valence-corrected chi connectivity index (χ4v) is 9.31. The van der Waals surface area contributed by atoms with Gasteiger partial charge in [0.2, 0.25) is 0 Å². The minimum Gasteiger partial charge on any atom is -0.462 e. The van der Waals surface area contributed by atoms with Gasteiger partial charge in [-0.3, -0.25) is 14.4 Å². The van der Waals surface area contributed by atoms with Gasteiger partial charge in [-0.2, -0.15) is 0 Å². The van der Waals surface area contributed by atoms with E-state index < -0.39 is 6.10 Å². The molecule has 0 fully saturated rings. The Morgan fingerprint density at radius 3 is 0.704 bits per heavy atom. The summed E-state index contributed by atoms with van der Waals surface area (Å²) in [5, 5.41) is 0. The maximum absolute atomic E-state index is 12.9.